The van der Waals surface area contributed by atoms with Crippen molar-refractivity contribution in [3.8, 4) is 40.1 Å². The molecule has 0 spiro atoms. The molecule has 1 saturated heterocycles. The molecule has 4 rings (SSSR count). The number of aliphatic hydroxyl groups excluding tert-OH is 4. The minimum atomic E-state index is -1.82. The number of phenols is 3. The highest BCUT2D eigenvalue weighted by Crippen LogP contribution is 2.44. The molecule has 0 saturated carbocycles. The maximum absolute atomic E-state index is 13.1. The Bertz CT molecular complexity index is 1250. The lowest BCUT2D eigenvalue weighted by atomic mass is 9.99. The molecule has 12 nitrogen and oxygen atoms in total. The van der Waals surface area contributed by atoms with Crippen molar-refractivity contribution in [3.05, 3.63) is 40.6 Å². The van der Waals surface area contributed by atoms with Gasteiger partial charge in [-0.05, 0) is 24.3 Å². The molecule has 1 fully saturated rings. The fraction of sp³-hybridized carbons (Fsp3) is 0.318. The number of methoxy groups -OCH3 is 1. The first-order valence-corrected chi connectivity index (χ1v) is 10.0. The molecule has 3 aromatic rings. The van der Waals surface area contributed by atoms with E-state index >= 15 is 0 Å². The average Bonchev–Trinajstić information content (AvgIpc) is 2.81. The van der Waals surface area contributed by atoms with Gasteiger partial charge in [-0.3, -0.25) is 4.79 Å². The third kappa shape index (κ3) is 3.87. The van der Waals surface area contributed by atoms with E-state index in [4.69, 9.17) is 18.6 Å². The molecule has 0 unspecified atom stereocenters. The monoisotopic (exact) mass is 478 g/mol. The predicted molar refractivity (Wildman–Crippen MR) is 114 cm³/mol. The lowest BCUT2D eigenvalue weighted by molar-refractivity contribution is -0.277. The summed E-state index contributed by atoms with van der Waals surface area (Å²) in [7, 11) is 1.21. The predicted octanol–water partition coefficient (Wildman–Crippen LogP) is -0.236. The van der Waals surface area contributed by atoms with Crippen LogP contribution in [0.3, 0.4) is 0 Å². The molecular formula is C22H22O12. The smallest absolute Gasteiger partial charge is 0.239 e. The first-order chi connectivity index (χ1) is 16.2. The van der Waals surface area contributed by atoms with Gasteiger partial charge in [-0.1, -0.05) is 0 Å². The van der Waals surface area contributed by atoms with Gasteiger partial charge in [0.15, 0.2) is 17.3 Å². The summed E-state index contributed by atoms with van der Waals surface area (Å²) in [4.78, 5) is 13.1. The molecule has 34 heavy (non-hydrogen) atoms. The van der Waals surface area contributed by atoms with Crippen molar-refractivity contribution in [1.29, 1.82) is 0 Å². The molecule has 182 valence electrons. The van der Waals surface area contributed by atoms with E-state index in [1.165, 1.54) is 31.4 Å². The van der Waals surface area contributed by atoms with Gasteiger partial charge in [-0.15, -0.1) is 0 Å². The molecule has 12 heteroatoms. The van der Waals surface area contributed by atoms with Crippen LogP contribution in [0.2, 0.25) is 0 Å². The third-order valence-electron chi connectivity index (χ3n) is 5.47. The van der Waals surface area contributed by atoms with Gasteiger partial charge in [0, 0.05) is 11.6 Å². The summed E-state index contributed by atoms with van der Waals surface area (Å²) in [5.74, 6) is -2.57. The zero-order valence-corrected chi connectivity index (χ0v) is 17.7. The molecule has 5 atom stereocenters. The van der Waals surface area contributed by atoms with Gasteiger partial charge in [-0.2, -0.15) is 0 Å². The van der Waals surface area contributed by atoms with Crippen molar-refractivity contribution in [1.82, 2.24) is 0 Å². The largest absolute Gasteiger partial charge is 0.508 e. The Morgan fingerprint density at radius 1 is 0.971 bits per heavy atom. The van der Waals surface area contributed by atoms with Gasteiger partial charge in [0.2, 0.25) is 23.2 Å². The number of aliphatic hydroxyl groups is 4. The summed E-state index contributed by atoms with van der Waals surface area (Å²) in [6.45, 7) is -0.721. The Morgan fingerprint density at radius 2 is 1.65 bits per heavy atom. The Labute approximate surface area is 191 Å². The van der Waals surface area contributed by atoms with Crippen LogP contribution in [-0.2, 0) is 4.74 Å². The fourth-order valence-corrected chi connectivity index (χ4v) is 3.67. The zero-order valence-electron chi connectivity index (χ0n) is 17.7. The number of rotatable bonds is 5. The maximum Gasteiger partial charge on any atom is 0.239 e. The molecule has 2 aromatic carbocycles. The first-order valence-electron chi connectivity index (χ1n) is 10.0. The molecule has 1 aliphatic heterocycles. The summed E-state index contributed by atoms with van der Waals surface area (Å²) in [6, 6.07) is 6.66. The van der Waals surface area contributed by atoms with E-state index in [9.17, 15) is 40.5 Å². The van der Waals surface area contributed by atoms with Crippen molar-refractivity contribution in [2.75, 3.05) is 13.7 Å². The molecule has 2 heterocycles. The lowest BCUT2D eigenvalue weighted by Gasteiger charge is -2.39. The summed E-state index contributed by atoms with van der Waals surface area (Å²) < 4.78 is 21.5. The van der Waals surface area contributed by atoms with Crippen molar-refractivity contribution in [2.24, 2.45) is 0 Å². The molecule has 0 amide bonds. The topological polar surface area (TPSA) is 200 Å². The summed E-state index contributed by atoms with van der Waals surface area (Å²) >= 11 is 0. The van der Waals surface area contributed by atoms with Crippen LogP contribution in [0.1, 0.15) is 0 Å². The van der Waals surface area contributed by atoms with Crippen LogP contribution in [0.15, 0.2) is 39.5 Å². The van der Waals surface area contributed by atoms with Crippen molar-refractivity contribution in [3.63, 3.8) is 0 Å². The lowest BCUT2D eigenvalue weighted by Crippen LogP contribution is -2.60. The molecule has 0 aliphatic carbocycles. The van der Waals surface area contributed by atoms with Crippen molar-refractivity contribution >= 4 is 11.0 Å². The first kappa shape index (κ1) is 23.6. The van der Waals surface area contributed by atoms with Gasteiger partial charge in [-0.25, -0.2) is 0 Å². The highest BCUT2D eigenvalue weighted by Gasteiger charge is 2.45. The number of ether oxygens (including phenoxy) is 3. The second-order valence-electron chi connectivity index (χ2n) is 7.60. The summed E-state index contributed by atoms with van der Waals surface area (Å²) in [5, 5.41) is 69.6. The Morgan fingerprint density at radius 3 is 2.26 bits per heavy atom. The summed E-state index contributed by atoms with van der Waals surface area (Å²) in [5.41, 5.74) is -0.678. The molecule has 1 aliphatic rings. The minimum Gasteiger partial charge on any atom is -0.508 e. The van der Waals surface area contributed by atoms with E-state index < -0.39 is 65.4 Å². The minimum absolute atomic E-state index is 0.0175. The fourth-order valence-electron chi connectivity index (χ4n) is 3.67. The van der Waals surface area contributed by atoms with Crippen LogP contribution in [0.5, 0.6) is 28.7 Å². The van der Waals surface area contributed by atoms with Crippen LogP contribution in [-0.4, -0.2) is 80.2 Å². The quantitative estimate of drug-likeness (QED) is 0.254. The molecule has 0 radical (unpaired) electrons. The number of phenolic OH excluding ortho intramolecular Hbond substituents is 3. The zero-order chi connectivity index (χ0) is 24.7. The van der Waals surface area contributed by atoms with E-state index in [1.54, 1.807) is 0 Å². The second kappa shape index (κ2) is 9.00. The van der Waals surface area contributed by atoms with Gasteiger partial charge in [0.25, 0.3) is 0 Å². The van der Waals surface area contributed by atoms with Crippen LogP contribution in [0, 0.1) is 0 Å². The van der Waals surface area contributed by atoms with E-state index in [2.05, 4.69) is 0 Å². The number of hydrogen-bond donors (Lipinski definition) is 7. The van der Waals surface area contributed by atoms with E-state index in [-0.39, 0.29) is 22.8 Å². The van der Waals surface area contributed by atoms with Crippen LogP contribution in [0.4, 0.5) is 0 Å². The normalized spacial score (nSPS) is 24.8. The highest BCUT2D eigenvalue weighted by atomic mass is 16.7. The van der Waals surface area contributed by atoms with E-state index in [0.29, 0.717) is 5.56 Å². The van der Waals surface area contributed by atoms with Crippen molar-refractivity contribution < 1.29 is 54.4 Å². The van der Waals surface area contributed by atoms with Gasteiger partial charge < -0.3 is 54.4 Å². The third-order valence-corrected chi connectivity index (χ3v) is 5.47. The average molecular weight is 478 g/mol. The Hall–Kier alpha value is -3.55. The van der Waals surface area contributed by atoms with Gasteiger partial charge in [0.05, 0.1) is 13.7 Å². The van der Waals surface area contributed by atoms with Gasteiger partial charge >= 0.3 is 0 Å². The number of benzene rings is 2. The van der Waals surface area contributed by atoms with Crippen LogP contribution < -0.4 is 14.9 Å². The summed E-state index contributed by atoms with van der Waals surface area (Å²) in [6.07, 6.45) is -8.26. The number of aromatic hydroxyl groups is 3. The van der Waals surface area contributed by atoms with Gasteiger partial charge in [0.1, 0.15) is 41.1 Å². The standard InChI is InChI=1S/C22H22O12/c1-31-21-16(28)13-11(32-19(21)8-2-4-9(24)5-3-8)6-10(25)20(15(13)27)34-22-18(30)17(29)14(26)12(7-23)33-22/h2-6,12,14,17-18,22-27,29-30H,7H2,1H3/t12-,14-,17-,18-,22+/m0/s1. The Balaban J connectivity index is 1.82. The second-order valence-corrected chi connectivity index (χ2v) is 7.60. The van der Waals surface area contributed by atoms with Crippen molar-refractivity contribution in [2.45, 2.75) is 30.7 Å². The van der Waals surface area contributed by atoms with Crippen LogP contribution in [0.25, 0.3) is 22.3 Å². The molecule has 0 bridgehead atoms. The highest BCUT2D eigenvalue weighted by molar-refractivity contribution is 5.91. The maximum atomic E-state index is 13.1. The molecular weight excluding hydrogens is 456 g/mol. The van der Waals surface area contributed by atoms with E-state index in [1.807, 2.05) is 0 Å². The SMILES string of the molecule is COc1c(-c2ccc(O)cc2)oc2cc(O)c(O[C@H]3O[C@@H](CO)[C@H](O)[C@H](O)[C@@H]3O)c(O)c2c1=O. The number of hydrogen-bond acceptors (Lipinski definition) is 12. The van der Waals surface area contributed by atoms with Crippen LogP contribution >= 0.6 is 0 Å². The number of fused-ring (bicyclic) bond motifs is 1. The molecule has 7 N–H and O–H groups in total. The molecule has 1 aromatic heterocycles. The van der Waals surface area contributed by atoms with E-state index in [0.717, 1.165) is 6.07 Å². The Kier molecular flexibility index (Phi) is 6.25.